The lowest BCUT2D eigenvalue weighted by atomic mass is 10.3. The molecule has 0 radical (unpaired) electrons. The van der Waals surface area contributed by atoms with E-state index in [1.807, 2.05) is 0 Å². The summed E-state index contributed by atoms with van der Waals surface area (Å²) in [5, 5.41) is 11.2. The zero-order chi connectivity index (χ0) is 11.0. The lowest BCUT2D eigenvalue weighted by Crippen LogP contribution is -2.42. The van der Waals surface area contributed by atoms with Crippen LogP contribution >= 0.6 is 11.8 Å². The molecular formula is C9H15NO3S. The molecule has 0 aliphatic rings. The van der Waals surface area contributed by atoms with Crippen LogP contribution in [0.15, 0.2) is 12.7 Å². The van der Waals surface area contributed by atoms with Gasteiger partial charge in [0.05, 0.1) is 0 Å². The summed E-state index contributed by atoms with van der Waals surface area (Å²) in [6.07, 6.45) is 2.00. The Balaban J connectivity index is 3.95. The van der Waals surface area contributed by atoms with Gasteiger partial charge in [-0.15, -0.1) is 6.58 Å². The van der Waals surface area contributed by atoms with Gasteiger partial charge in [0.25, 0.3) is 0 Å². The Morgan fingerprint density at radius 2 is 2.29 bits per heavy atom. The van der Waals surface area contributed by atoms with E-state index < -0.39 is 12.0 Å². The molecule has 0 heterocycles. The van der Waals surface area contributed by atoms with E-state index in [9.17, 15) is 9.59 Å². The number of carbonyl (C=O) groups is 2. The third-order valence-corrected chi connectivity index (χ3v) is 2.52. The van der Waals surface area contributed by atoms with E-state index in [-0.39, 0.29) is 5.91 Å². The lowest BCUT2D eigenvalue weighted by Gasteiger charge is -2.12. The van der Waals surface area contributed by atoms with Gasteiger partial charge in [0.2, 0.25) is 5.91 Å². The molecule has 0 aromatic rings. The minimum atomic E-state index is -0.997. The van der Waals surface area contributed by atoms with Crippen LogP contribution in [0.25, 0.3) is 0 Å². The van der Waals surface area contributed by atoms with Crippen LogP contribution in [0.2, 0.25) is 0 Å². The Morgan fingerprint density at radius 1 is 1.64 bits per heavy atom. The van der Waals surface area contributed by atoms with Crippen molar-refractivity contribution in [2.24, 2.45) is 0 Å². The maximum absolute atomic E-state index is 11.0. The van der Waals surface area contributed by atoms with Crippen molar-refractivity contribution in [1.29, 1.82) is 0 Å². The molecule has 5 heteroatoms. The van der Waals surface area contributed by atoms with Crippen LogP contribution in [-0.2, 0) is 9.59 Å². The molecule has 0 fully saturated rings. The number of carboxylic acids is 1. The van der Waals surface area contributed by atoms with Crippen molar-refractivity contribution < 1.29 is 14.7 Å². The van der Waals surface area contributed by atoms with Gasteiger partial charge < -0.3 is 10.4 Å². The molecule has 80 valence electrons. The predicted octanol–water partition coefficient (Wildman–Crippen LogP) is 0.885. The summed E-state index contributed by atoms with van der Waals surface area (Å²) < 4.78 is 0. The standard InChI is InChI=1S/C9H15NO3S/c1-3-5-14-6-7(9(12)13)10-8(11)4-2/h3,7H,1,4-6H2,2H3,(H,10,11)(H,12,13). The van der Waals surface area contributed by atoms with Crippen LogP contribution in [0.5, 0.6) is 0 Å². The fraction of sp³-hybridized carbons (Fsp3) is 0.556. The van der Waals surface area contributed by atoms with Gasteiger partial charge in [0.1, 0.15) is 6.04 Å². The van der Waals surface area contributed by atoms with Crippen molar-refractivity contribution in [3.05, 3.63) is 12.7 Å². The summed E-state index contributed by atoms with van der Waals surface area (Å²) in [5.74, 6) is -0.182. The minimum absolute atomic E-state index is 0.239. The van der Waals surface area contributed by atoms with Gasteiger partial charge in [-0.05, 0) is 0 Å². The average molecular weight is 217 g/mol. The second-order valence-electron chi connectivity index (χ2n) is 2.64. The maximum atomic E-state index is 11.0. The molecule has 0 aromatic carbocycles. The van der Waals surface area contributed by atoms with Crippen LogP contribution < -0.4 is 5.32 Å². The summed E-state index contributed by atoms with van der Waals surface area (Å²) >= 11 is 1.43. The highest BCUT2D eigenvalue weighted by molar-refractivity contribution is 7.99. The number of amides is 1. The fourth-order valence-electron chi connectivity index (χ4n) is 0.740. The number of hydrogen-bond donors (Lipinski definition) is 2. The molecule has 2 N–H and O–H groups in total. The molecule has 0 aliphatic carbocycles. The van der Waals surface area contributed by atoms with E-state index in [2.05, 4.69) is 11.9 Å². The molecule has 1 amide bonds. The van der Waals surface area contributed by atoms with E-state index in [4.69, 9.17) is 5.11 Å². The summed E-state index contributed by atoms with van der Waals surface area (Å²) in [6, 6.07) is -0.799. The Bertz CT molecular complexity index is 218. The molecule has 1 atom stereocenters. The first-order chi connectivity index (χ1) is 6.61. The topological polar surface area (TPSA) is 66.4 Å². The Labute approximate surface area is 87.8 Å². The summed E-state index contributed by atoms with van der Waals surface area (Å²) in [4.78, 5) is 21.6. The van der Waals surface area contributed by atoms with Gasteiger partial charge in [0, 0.05) is 17.9 Å². The zero-order valence-corrected chi connectivity index (χ0v) is 8.97. The van der Waals surface area contributed by atoms with Gasteiger partial charge in [-0.2, -0.15) is 11.8 Å². The van der Waals surface area contributed by atoms with E-state index in [0.29, 0.717) is 17.9 Å². The number of hydrogen-bond acceptors (Lipinski definition) is 3. The van der Waals surface area contributed by atoms with E-state index in [1.165, 1.54) is 11.8 Å². The summed E-state index contributed by atoms with van der Waals surface area (Å²) in [6.45, 7) is 5.21. The van der Waals surface area contributed by atoms with E-state index in [1.54, 1.807) is 13.0 Å². The highest BCUT2D eigenvalue weighted by atomic mass is 32.2. The van der Waals surface area contributed by atoms with Gasteiger partial charge in [-0.25, -0.2) is 4.79 Å². The molecule has 14 heavy (non-hydrogen) atoms. The molecular weight excluding hydrogens is 202 g/mol. The first-order valence-corrected chi connectivity index (χ1v) is 5.48. The van der Waals surface area contributed by atoms with Crippen LogP contribution in [0, 0.1) is 0 Å². The normalized spacial score (nSPS) is 11.8. The number of nitrogens with one attached hydrogen (secondary N) is 1. The second kappa shape index (κ2) is 7.44. The van der Waals surface area contributed by atoms with Crippen molar-refractivity contribution >= 4 is 23.6 Å². The molecule has 1 unspecified atom stereocenters. The number of carboxylic acid groups (broad SMARTS) is 1. The molecule has 0 saturated heterocycles. The molecule has 0 aliphatic heterocycles. The van der Waals surface area contributed by atoms with Gasteiger partial charge in [0.15, 0.2) is 0 Å². The quantitative estimate of drug-likeness (QED) is 0.491. The van der Waals surface area contributed by atoms with Crippen molar-refractivity contribution in [3.8, 4) is 0 Å². The van der Waals surface area contributed by atoms with Gasteiger partial charge in [-0.1, -0.05) is 13.0 Å². The molecule has 4 nitrogen and oxygen atoms in total. The van der Waals surface area contributed by atoms with Crippen molar-refractivity contribution in [1.82, 2.24) is 5.32 Å². The molecule has 0 aromatic heterocycles. The molecule has 0 saturated carbocycles. The summed E-state index contributed by atoms with van der Waals surface area (Å²) in [5.41, 5.74) is 0. The molecule has 0 bridgehead atoms. The van der Waals surface area contributed by atoms with Crippen molar-refractivity contribution in [3.63, 3.8) is 0 Å². The molecule has 0 rings (SSSR count). The smallest absolute Gasteiger partial charge is 0.327 e. The predicted molar refractivity (Wildman–Crippen MR) is 57.4 cm³/mol. The monoisotopic (exact) mass is 217 g/mol. The third-order valence-electron chi connectivity index (χ3n) is 1.47. The maximum Gasteiger partial charge on any atom is 0.327 e. The second-order valence-corrected chi connectivity index (χ2v) is 3.71. The zero-order valence-electron chi connectivity index (χ0n) is 8.16. The average Bonchev–Trinajstić information content (AvgIpc) is 2.16. The Hall–Kier alpha value is -0.970. The minimum Gasteiger partial charge on any atom is -0.480 e. The highest BCUT2D eigenvalue weighted by Gasteiger charge is 2.18. The number of thioether (sulfide) groups is 1. The van der Waals surface area contributed by atoms with Crippen LogP contribution in [0.4, 0.5) is 0 Å². The molecule has 0 spiro atoms. The van der Waals surface area contributed by atoms with E-state index >= 15 is 0 Å². The number of rotatable bonds is 7. The first-order valence-electron chi connectivity index (χ1n) is 4.32. The fourth-order valence-corrected chi connectivity index (χ4v) is 1.50. The van der Waals surface area contributed by atoms with Crippen LogP contribution in [0.3, 0.4) is 0 Å². The highest BCUT2D eigenvalue weighted by Crippen LogP contribution is 2.03. The first kappa shape index (κ1) is 13.0. The van der Waals surface area contributed by atoms with Crippen LogP contribution in [-0.4, -0.2) is 34.5 Å². The largest absolute Gasteiger partial charge is 0.480 e. The lowest BCUT2D eigenvalue weighted by molar-refractivity contribution is -0.141. The van der Waals surface area contributed by atoms with Gasteiger partial charge >= 0.3 is 5.97 Å². The van der Waals surface area contributed by atoms with Crippen molar-refractivity contribution in [2.75, 3.05) is 11.5 Å². The van der Waals surface area contributed by atoms with Crippen molar-refractivity contribution in [2.45, 2.75) is 19.4 Å². The van der Waals surface area contributed by atoms with E-state index in [0.717, 1.165) is 0 Å². The third kappa shape index (κ3) is 5.64. The SMILES string of the molecule is C=CCSCC(NC(=O)CC)C(=O)O. The number of carbonyl (C=O) groups excluding carboxylic acids is 1. The van der Waals surface area contributed by atoms with Gasteiger partial charge in [-0.3, -0.25) is 4.79 Å². The number of aliphatic carboxylic acids is 1. The Morgan fingerprint density at radius 3 is 2.71 bits per heavy atom. The van der Waals surface area contributed by atoms with Crippen LogP contribution in [0.1, 0.15) is 13.3 Å². The summed E-state index contributed by atoms with van der Waals surface area (Å²) in [7, 11) is 0. The Kier molecular flexibility index (Phi) is 6.92.